The Morgan fingerprint density at radius 1 is 1.33 bits per heavy atom. The average Bonchev–Trinajstić information content (AvgIpc) is 2.85. The van der Waals surface area contributed by atoms with Crippen LogP contribution in [0.3, 0.4) is 0 Å². The zero-order valence-electron chi connectivity index (χ0n) is 10.5. The van der Waals surface area contributed by atoms with Gasteiger partial charge in [-0.05, 0) is 24.3 Å². The second-order valence-electron chi connectivity index (χ2n) is 4.37. The fraction of sp³-hybridized carbons (Fsp3) is 0.286. The molecule has 0 radical (unpaired) electrons. The molecule has 1 aromatic heterocycles. The molecule has 0 bridgehead atoms. The number of aromatic nitrogens is 1. The summed E-state index contributed by atoms with van der Waals surface area (Å²) in [7, 11) is 0. The first-order chi connectivity index (χ1) is 8.69. The van der Waals surface area contributed by atoms with Gasteiger partial charge in [-0.2, -0.15) is 5.26 Å². The maximum absolute atomic E-state index is 8.73. The van der Waals surface area contributed by atoms with E-state index in [0.29, 0.717) is 24.0 Å². The molecule has 92 valence electrons. The van der Waals surface area contributed by atoms with E-state index in [2.05, 4.69) is 30.2 Å². The minimum absolute atomic E-state index is 0.417. The highest BCUT2D eigenvalue weighted by Gasteiger charge is 2.06. The Morgan fingerprint density at radius 3 is 2.67 bits per heavy atom. The largest absolute Gasteiger partial charge is 0.444 e. The van der Waals surface area contributed by atoms with Crippen LogP contribution in [-0.2, 0) is 6.54 Å². The van der Waals surface area contributed by atoms with Crippen molar-refractivity contribution >= 4 is 0 Å². The first-order valence-electron chi connectivity index (χ1n) is 5.87. The minimum Gasteiger partial charge on any atom is -0.444 e. The van der Waals surface area contributed by atoms with Gasteiger partial charge in [0.1, 0.15) is 6.26 Å². The number of hydrogen-bond acceptors (Lipinski definition) is 4. The van der Waals surface area contributed by atoms with Crippen LogP contribution in [0.5, 0.6) is 0 Å². The predicted molar refractivity (Wildman–Crippen MR) is 68.6 cm³/mol. The molecule has 0 spiro atoms. The van der Waals surface area contributed by atoms with Crippen LogP contribution in [0.4, 0.5) is 0 Å². The molecule has 2 aromatic rings. The third-order valence-electron chi connectivity index (χ3n) is 2.50. The Labute approximate surface area is 106 Å². The highest BCUT2D eigenvalue weighted by molar-refractivity contribution is 5.54. The van der Waals surface area contributed by atoms with Crippen LogP contribution < -0.4 is 5.32 Å². The highest BCUT2D eigenvalue weighted by Crippen LogP contribution is 2.19. The molecule has 1 aromatic carbocycles. The molecule has 0 atom stereocenters. The second kappa shape index (κ2) is 5.48. The maximum Gasteiger partial charge on any atom is 0.226 e. The lowest BCUT2D eigenvalue weighted by molar-refractivity contribution is 0.560. The van der Waals surface area contributed by atoms with Gasteiger partial charge in [0.25, 0.3) is 0 Å². The van der Waals surface area contributed by atoms with E-state index in [1.54, 1.807) is 18.4 Å². The predicted octanol–water partition coefficient (Wildman–Crippen LogP) is 2.71. The third kappa shape index (κ3) is 2.96. The van der Waals surface area contributed by atoms with E-state index < -0.39 is 0 Å². The van der Waals surface area contributed by atoms with Crippen molar-refractivity contribution in [2.24, 2.45) is 0 Å². The molecule has 18 heavy (non-hydrogen) atoms. The molecule has 4 heteroatoms. The van der Waals surface area contributed by atoms with Gasteiger partial charge in [0.15, 0.2) is 0 Å². The number of nitriles is 1. The lowest BCUT2D eigenvalue weighted by Gasteiger charge is -2.04. The Kier molecular flexibility index (Phi) is 3.75. The summed E-state index contributed by atoms with van der Waals surface area (Å²) >= 11 is 0. The van der Waals surface area contributed by atoms with Gasteiger partial charge in [-0.1, -0.05) is 13.8 Å². The van der Waals surface area contributed by atoms with Crippen LogP contribution in [0.1, 0.15) is 25.1 Å². The number of nitrogens with zero attached hydrogens (tertiary/aromatic N) is 2. The second-order valence-corrected chi connectivity index (χ2v) is 4.37. The lowest BCUT2D eigenvalue weighted by Crippen LogP contribution is -2.21. The zero-order chi connectivity index (χ0) is 13.0. The van der Waals surface area contributed by atoms with E-state index in [0.717, 1.165) is 11.3 Å². The summed E-state index contributed by atoms with van der Waals surface area (Å²) in [5.74, 6) is 0.583. The Balaban J connectivity index is 2.11. The normalized spacial score (nSPS) is 10.6. The monoisotopic (exact) mass is 241 g/mol. The van der Waals surface area contributed by atoms with Gasteiger partial charge < -0.3 is 9.73 Å². The zero-order valence-corrected chi connectivity index (χ0v) is 10.5. The van der Waals surface area contributed by atoms with Crippen molar-refractivity contribution in [3.8, 4) is 17.5 Å². The van der Waals surface area contributed by atoms with E-state index in [-0.39, 0.29) is 0 Å². The fourth-order valence-corrected chi connectivity index (χ4v) is 1.52. The summed E-state index contributed by atoms with van der Waals surface area (Å²) in [4.78, 5) is 4.40. The van der Waals surface area contributed by atoms with Crippen molar-refractivity contribution in [1.29, 1.82) is 5.26 Å². The van der Waals surface area contributed by atoms with Gasteiger partial charge in [0.2, 0.25) is 5.89 Å². The molecule has 2 rings (SSSR count). The molecule has 1 heterocycles. The topological polar surface area (TPSA) is 61.9 Å². The summed E-state index contributed by atoms with van der Waals surface area (Å²) in [6.45, 7) is 4.86. The molecular weight excluding hydrogens is 226 g/mol. The van der Waals surface area contributed by atoms with Crippen molar-refractivity contribution in [3.63, 3.8) is 0 Å². The van der Waals surface area contributed by atoms with E-state index in [9.17, 15) is 0 Å². The standard InChI is InChI=1S/C14H15N3O/c1-10(2)16-8-13-9-18-14(17-13)12-5-3-11(7-15)4-6-12/h3-6,9-10,16H,8H2,1-2H3. The SMILES string of the molecule is CC(C)NCc1coc(-c2ccc(C#N)cc2)n1. The van der Waals surface area contributed by atoms with Crippen molar-refractivity contribution in [2.75, 3.05) is 0 Å². The van der Waals surface area contributed by atoms with Gasteiger partial charge >= 0.3 is 0 Å². The summed E-state index contributed by atoms with van der Waals surface area (Å²) in [5.41, 5.74) is 2.39. The molecule has 4 nitrogen and oxygen atoms in total. The number of nitrogens with one attached hydrogen (secondary N) is 1. The third-order valence-corrected chi connectivity index (χ3v) is 2.50. The molecule has 0 fully saturated rings. The molecule has 0 aliphatic carbocycles. The quantitative estimate of drug-likeness (QED) is 0.894. The molecule has 0 aliphatic rings. The van der Waals surface area contributed by atoms with Crippen molar-refractivity contribution < 1.29 is 4.42 Å². The van der Waals surface area contributed by atoms with Crippen LogP contribution in [0.25, 0.3) is 11.5 Å². The number of rotatable bonds is 4. The molecule has 0 amide bonds. The van der Waals surface area contributed by atoms with Gasteiger partial charge in [-0.15, -0.1) is 0 Å². The fourth-order valence-electron chi connectivity index (χ4n) is 1.52. The summed E-state index contributed by atoms with van der Waals surface area (Å²) in [5, 5.41) is 12.0. The van der Waals surface area contributed by atoms with Crippen LogP contribution in [0, 0.1) is 11.3 Å². The molecule has 1 N–H and O–H groups in total. The maximum atomic E-state index is 8.73. The van der Waals surface area contributed by atoms with E-state index >= 15 is 0 Å². The van der Waals surface area contributed by atoms with Crippen LogP contribution >= 0.6 is 0 Å². The van der Waals surface area contributed by atoms with E-state index in [1.807, 2.05) is 12.1 Å². The van der Waals surface area contributed by atoms with Gasteiger partial charge in [0.05, 0.1) is 17.3 Å². The summed E-state index contributed by atoms with van der Waals surface area (Å²) in [6.07, 6.45) is 1.66. The van der Waals surface area contributed by atoms with Gasteiger partial charge in [-0.25, -0.2) is 4.98 Å². The molecular formula is C14H15N3O. The summed E-state index contributed by atoms with van der Waals surface area (Å²) in [6, 6.07) is 9.69. The lowest BCUT2D eigenvalue weighted by atomic mass is 10.1. The Morgan fingerprint density at radius 2 is 2.06 bits per heavy atom. The average molecular weight is 241 g/mol. The minimum atomic E-state index is 0.417. The number of benzene rings is 1. The van der Waals surface area contributed by atoms with Gasteiger partial charge in [-0.3, -0.25) is 0 Å². The number of hydrogen-bond donors (Lipinski definition) is 1. The smallest absolute Gasteiger partial charge is 0.226 e. The Hall–Kier alpha value is -2.12. The molecule has 0 saturated heterocycles. The highest BCUT2D eigenvalue weighted by atomic mass is 16.3. The van der Waals surface area contributed by atoms with E-state index in [1.165, 1.54) is 0 Å². The van der Waals surface area contributed by atoms with Crippen molar-refractivity contribution in [3.05, 3.63) is 41.8 Å². The van der Waals surface area contributed by atoms with E-state index in [4.69, 9.17) is 9.68 Å². The van der Waals surface area contributed by atoms with Crippen LogP contribution in [-0.4, -0.2) is 11.0 Å². The molecule has 0 unspecified atom stereocenters. The number of oxazole rings is 1. The van der Waals surface area contributed by atoms with Crippen molar-refractivity contribution in [1.82, 2.24) is 10.3 Å². The van der Waals surface area contributed by atoms with Crippen LogP contribution in [0.15, 0.2) is 34.9 Å². The van der Waals surface area contributed by atoms with Gasteiger partial charge in [0, 0.05) is 18.2 Å². The molecule has 0 saturated carbocycles. The first-order valence-corrected chi connectivity index (χ1v) is 5.87. The van der Waals surface area contributed by atoms with Crippen LogP contribution in [0.2, 0.25) is 0 Å². The van der Waals surface area contributed by atoms with Crippen molar-refractivity contribution in [2.45, 2.75) is 26.4 Å². The summed E-state index contributed by atoms with van der Waals surface area (Å²) < 4.78 is 5.42. The first kappa shape index (κ1) is 12.3. The molecule has 0 aliphatic heterocycles. The Bertz CT molecular complexity index is 549.